The zero-order valence-corrected chi connectivity index (χ0v) is 15.8. The SMILES string of the molecule is O=C(Nc1nc(C(=NOC2CCNC2=O)C(=O)O)cs1)OCC(Cl)(Cl)Cl. The van der Waals surface area contributed by atoms with Gasteiger partial charge in [-0.15, -0.1) is 11.3 Å². The minimum atomic E-state index is -1.77. The van der Waals surface area contributed by atoms with Crippen LogP contribution in [0.15, 0.2) is 10.5 Å². The van der Waals surface area contributed by atoms with Crippen LogP contribution in [0.3, 0.4) is 0 Å². The number of anilines is 1. The van der Waals surface area contributed by atoms with Gasteiger partial charge in [0.1, 0.15) is 12.3 Å². The highest BCUT2D eigenvalue weighted by Crippen LogP contribution is 2.26. The van der Waals surface area contributed by atoms with Gasteiger partial charge < -0.3 is 20.0 Å². The van der Waals surface area contributed by atoms with Gasteiger partial charge in [0.25, 0.3) is 5.91 Å². The lowest BCUT2D eigenvalue weighted by atomic mass is 10.3. The number of aliphatic carboxylic acids is 1. The van der Waals surface area contributed by atoms with Gasteiger partial charge in [0.15, 0.2) is 5.13 Å². The molecule has 1 aliphatic heterocycles. The molecule has 1 unspecified atom stereocenters. The summed E-state index contributed by atoms with van der Waals surface area (Å²) >= 11 is 17.3. The van der Waals surface area contributed by atoms with Crippen LogP contribution in [0.5, 0.6) is 0 Å². The van der Waals surface area contributed by atoms with Crippen molar-refractivity contribution in [1.82, 2.24) is 10.3 Å². The van der Waals surface area contributed by atoms with E-state index in [1.54, 1.807) is 0 Å². The summed E-state index contributed by atoms with van der Waals surface area (Å²) in [4.78, 5) is 43.1. The van der Waals surface area contributed by atoms with Crippen molar-refractivity contribution < 1.29 is 29.1 Å². The van der Waals surface area contributed by atoms with E-state index in [1.807, 2.05) is 0 Å². The average molecular weight is 446 g/mol. The van der Waals surface area contributed by atoms with Crippen molar-refractivity contribution in [3.05, 3.63) is 11.1 Å². The van der Waals surface area contributed by atoms with Gasteiger partial charge in [0.05, 0.1) is 0 Å². The summed E-state index contributed by atoms with van der Waals surface area (Å²) in [6.07, 6.45) is -1.43. The summed E-state index contributed by atoms with van der Waals surface area (Å²) in [5, 5.41) is 18.9. The summed E-state index contributed by atoms with van der Waals surface area (Å²) in [6.45, 7) is -0.0661. The van der Waals surface area contributed by atoms with Gasteiger partial charge in [-0.05, 0) is 0 Å². The highest BCUT2D eigenvalue weighted by Gasteiger charge is 2.27. The molecule has 10 nitrogen and oxygen atoms in total. The summed E-state index contributed by atoms with van der Waals surface area (Å²) in [5.41, 5.74) is -0.596. The van der Waals surface area contributed by atoms with Crippen molar-refractivity contribution in [3.63, 3.8) is 0 Å². The van der Waals surface area contributed by atoms with E-state index in [0.29, 0.717) is 13.0 Å². The fraction of sp³-hybridized carbons (Fsp3) is 0.417. The molecule has 0 radical (unpaired) electrons. The van der Waals surface area contributed by atoms with E-state index < -0.39 is 34.3 Å². The molecule has 0 saturated carbocycles. The fourth-order valence-electron chi connectivity index (χ4n) is 1.69. The molecule has 142 valence electrons. The number of oxime groups is 1. The number of ether oxygens (including phenoxy) is 1. The molecule has 0 aromatic carbocycles. The first-order valence-corrected chi connectivity index (χ1v) is 8.88. The number of thiazole rings is 1. The number of carbonyl (C=O) groups is 3. The fourth-order valence-corrected chi connectivity index (χ4v) is 2.54. The Morgan fingerprint density at radius 1 is 1.50 bits per heavy atom. The molecule has 1 fully saturated rings. The molecule has 0 bridgehead atoms. The summed E-state index contributed by atoms with van der Waals surface area (Å²) in [6, 6.07) is 0. The predicted octanol–water partition coefficient (Wildman–Crippen LogP) is 1.76. The topological polar surface area (TPSA) is 139 Å². The molecule has 1 aromatic heterocycles. The zero-order valence-electron chi connectivity index (χ0n) is 12.7. The van der Waals surface area contributed by atoms with Crippen molar-refractivity contribution in [1.29, 1.82) is 0 Å². The smallest absolute Gasteiger partial charge is 0.413 e. The molecule has 1 atom stereocenters. The Labute approximate surface area is 165 Å². The predicted molar refractivity (Wildman–Crippen MR) is 94.0 cm³/mol. The number of nitrogens with one attached hydrogen (secondary N) is 2. The molecule has 14 heteroatoms. The molecule has 2 rings (SSSR count). The molecular weight excluding hydrogens is 435 g/mol. The lowest BCUT2D eigenvalue weighted by molar-refractivity contribution is -0.131. The highest BCUT2D eigenvalue weighted by atomic mass is 35.6. The lowest BCUT2D eigenvalue weighted by Gasteiger charge is -2.10. The maximum absolute atomic E-state index is 11.5. The standard InChI is InChI=1S/C12H11Cl3N4O6S/c13-12(14,15)4-24-11(23)18-10-17-5(3-26-10)7(9(21)22)19-25-6-1-2-16-8(6)20/h3,6H,1-2,4H2,(H,16,20)(H,21,22)(H,17,18,23). The first-order chi connectivity index (χ1) is 12.2. The Kier molecular flexibility index (Phi) is 6.87. The molecule has 26 heavy (non-hydrogen) atoms. The average Bonchev–Trinajstić information content (AvgIpc) is 3.14. The number of hydrogen-bond acceptors (Lipinski definition) is 8. The van der Waals surface area contributed by atoms with Crippen LogP contribution in [-0.4, -0.2) is 56.8 Å². The van der Waals surface area contributed by atoms with Crippen molar-refractivity contribution in [2.24, 2.45) is 5.16 Å². The second kappa shape index (κ2) is 8.71. The van der Waals surface area contributed by atoms with Gasteiger partial charge in [-0.1, -0.05) is 40.0 Å². The number of carboxylic acids is 1. The summed E-state index contributed by atoms with van der Waals surface area (Å²) in [5.74, 6) is -1.80. The van der Waals surface area contributed by atoms with Crippen LogP contribution in [0.25, 0.3) is 0 Å². The third-order valence-electron chi connectivity index (χ3n) is 2.79. The number of alkyl halides is 3. The maximum atomic E-state index is 11.5. The molecule has 1 aromatic rings. The normalized spacial score (nSPS) is 17.6. The first-order valence-electron chi connectivity index (χ1n) is 6.87. The first kappa shape index (κ1) is 20.5. The van der Waals surface area contributed by atoms with Crippen molar-refractivity contribution in [2.45, 2.75) is 16.3 Å². The molecular formula is C12H11Cl3N4O6S. The zero-order chi connectivity index (χ0) is 19.3. The van der Waals surface area contributed by atoms with Gasteiger partial charge in [0.2, 0.25) is 15.6 Å². The van der Waals surface area contributed by atoms with Crippen LogP contribution in [0.2, 0.25) is 0 Å². The number of carbonyl (C=O) groups excluding carboxylic acids is 2. The number of hydrogen-bond donors (Lipinski definition) is 3. The lowest BCUT2D eigenvalue weighted by Crippen LogP contribution is -2.25. The molecule has 2 amide bonds. The van der Waals surface area contributed by atoms with Crippen LogP contribution in [0.4, 0.5) is 9.93 Å². The van der Waals surface area contributed by atoms with E-state index in [9.17, 15) is 19.5 Å². The van der Waals surface area contributed by atoms with Crippen molar-refractivity contribution in [3.8, 4) is 0 Å². The highest BCUT2D eigenvalue weighted by molar-refractivity contribution is 7.14. The van der Waals surface area contributed by atoms with E-state index in [-0.39, 0.29) is 16.7 Å². The number of aromatic nitrogens is 1. The van der Waals surface area contributed by atoms with E-state index in [2.05, 4.69) is 25.5 Å². The number of halogens is 3. The van der Waals surface area contributed by atoms with Gasteiger partial charge >= 0.3 is 12.1 Å². The summed E-state index contributed by atoms with van der Waals surface area (Å²) < 4.78 is 2.89. The monoisotopic (exact) mass is 444 g/mol. The minimum absolute atomic E-state index is 0.0295. The molecule has 3 N–H and O–H groups in total. The molecule has 1 aliphatic rings. The molecule has 1 saturated heterocycles. The Bertz CT molecular complexity index is 735. The number of nitrogens with zero attached hydrogens (tertiary/aromatic N) is 2. The minimum Gasteiger partial charge on any atom is -0.476 e. The second-order valence-corrected chi connectivity index (χ2v) is 8.15. The van der Waals surface area contributed by atoms with Crippen LogP contribution in [0.1, 0.15) is 12.1 Å². The van der Waals surface area contributed by atoms with Gasteiger partial charge in [-0.2, -0.15) is 0 Å². The van der Waals surface area contributed by atoms with Crippen LogP contribution in [0, 0.1) is 0 Å². The summed E-state index contributed by atoms with van der Waals surface area (Å²) in [7, 11) is 0. The Morgan fingerprint density at radius 3 is 2.81 bits per heavy atom. The Hall–Kier alpha value is -1.82. The third kappa shape index (κ3) is 6.16. The largest absolute Gasteiger partial charge is 0.476 e. The van der Waals surface area contributed by atoms with E-state index in [4.69, 9.17) is 39.6 Å². The quantitative estimate of drug-likeness (QED) is 0.344. The van der Waals surface area contributed by atoms with Gasteiger partial charge in [0, 0.05) is 18.3 Å². The molecule has 0 spiro atoms. The van der Waals surface area contributed by atoms with E-state index in [1.165, 1.54) is 5.38 Å². The van der Waals surface area contributed by atoms with Crippen LogP contribution in [-0.2, 0) is 19.2 Å². The Balaban J connectivity index is 2.01. The van der Waals surface area contributed by atoms with Crippen molar-refractivity contribution in [2.75, 3.05) is 18.5 Å². The van der Waals surface area contributed by atoms with Crippen LogP contribution >= 0.6 is 46.1 Å². The Morgan fingerprint density at radius 2 is 2.23 bits per heavy atom. The molecule has 2 heterocycles. The number of amides is 2. The maximum Gasteiger partial charge on any atom is 0.413 e. The third-order valence-corrected chi connectivity index (χ3v) is 3.88. The molecule has 0 aliphatic carbocycles. The van der Waals surface area contributed by atoms with E-state index in [0.717, 1.165) is 11.3 Å². The van der Waals surface area contributed by atoms with Gasteiger partial charge in [-0.3, -0.25) is 10.1 Å². The van der Waals surface area contributed by atoms with Crippen LogP contribution < -0.4 is 10.6 Å². The van der Waals surface area contributed by atoms with Crippen molar-refractivity contribution >= 4 is 75.0 Å². The number of carboxylic acid groups (broad SMARTS) is 1. The van der Waals surface area contributed by atoms with E-state index >= 15 is 0 Å². The number of rotatable bonds is 6. The van der Waals surface area contributed by atoms with Gasteiger partial charge in [-0.25, -0.2) is 14.6 Å². The second-order valence-electron chi connectivity index (χ2n) is 4.77.